The molecule has 0 aliphatic heterocycles. The Morgan fingerprint density at radius 2 is 2.05 bits per heavy atom. The van der Waals surface area contributed by atoms with E-state index in [1.807, 2.05) is 24.7 Å². The minimum atomic E-state index is 0.440. The molecule has 3 nitrogen and oxygen atoms in total. The average molecular weight is 257 g/mol. The molecule has 0 spiro atoms. The number of aryl methyl sites for hydroxylation is 1. The molecular formula is C16H23N3. The number of nitrogens with zero attached hydrogens (tertiary/aromatic N) is 3. The first-order chi connectivity index (χ1) is 9.04. The van der Waals surface area contributed by atoms with Gasteiger partial charge in [0.15, 0.2) is 0 Å². The number of hydrogen-bond acceptors (Lipinski definition) is 2. The quantitative estimate of drug-likeness (QED) is 0.753. The number of hydrogen-bond donors (Lipinski definition) is 0. The Labute approximate surface area is 115 Å². The van der Waals surface area contributed by atoms with Crippen LogP contribution in [-0.2, 0) is 6.54 Å². The van der Waals surface area contributed by atoms with E-state index < -0.39 is 0 Å². The molecule has 0 aliphatic rings. The smallest absolute Gasteiger partial charge is 0.0953 e. The lowest BCUT2D eigenvalue weighted by atomic mass is 9.90. The molecule has 2 rings (SSSR count). The molecule has 0 saturated heterocycles. The van der Waals surface area contributed by atoms with Crippen LogP contribution < -0.4 is 0 Å². The second-order valence-corrected chi connectivity index (χ2v) is 6.26. The van der Waals surface area contributed by atoms with Crippen LogP contribution in [0.5, 0.6) is 0 Å². The van der Waals surface area contributed by atoms with Gasteiger partial charge in [0.05, 0.1) is 12.0 Å². The predicted octanol–water partition coefficient (Wildman–Crippen LogP) is 4.16. The molecule has 2 heterocycles. The Morgan fingerprint density at radius 3 is 2.74 bits per heavy atom. The van der Waals surface area contributed by atoms with Crippen molar-refractivity contribution in [3.8, 4) is 11.3 Å². The molecule has 0 bridgehead atoms. The first-order valence-electron chi connectivity index (χ1n) is 6.97. The van der Waals surface area contributed by atoms with Gasteiger partial charge in [0.1, 0.15) is 0 Å². The highest BCUT2D eigenvalue weighted by Crippen LogP contribution is 2.22. The molecule has 19 heavy (non-hydrogen) atoms. The van der Waals surface area contributed by atoms with Crippen LogP contribution in [0.4, 0.5) is 0 Å². The third-order valence-corrected chi connectivity index (χ3v) is 3.18. The van der Waals surface area contributed by atoms with Crippen LogP contribution in [0.3, 0.4) is 0 Å². The standard InChI is InChI=1S/C16H23N3/c1-16(2,3)8-4-5-10-19-12-15(18-13-19)14-7-6-9-17-11-14/h6-7,9,11-13H,4-5,8,10H2,1-3H3. The molecule has 3 heteroatoms. The molecule has 0 N–H and O–H groups in total. The van der Waals surface area contributed by atoms with E-state index in [1.165, 1.54) is 19.3 Å². The Balaban J connectivity index is 1.85. The molecule has 0 atom stereocenters. The van der Waals surface area contributed by atoms with E-state index in [0.717, 1.165) is 17.8 Å². The molecule has 2 aromatic rings. The van der Waals surface area contributed by atoms with E-state index >= 15 is 0 Å². The Hall–Kier alpha value is -1.64. The Morgan fingerprint density at radius 1 is 1.21 bits per heavy atom. The van der Waals surface area contributed by atoms with Crippen molar-refractivity contribution in [1.29, 1.82) is 0 Å². The minimum Gasteiger partial charge on any atom is -0.337 e. The SMILES string of the molecule is CC(C)(C)CCCCn1cnc(-c2cccnc2)c1. The second-order valence-electron chi connectivity index (χ2n) is 6.26. The van der Waals surface area contributed by atoms with E-state index in [4.69, 9.17) is 0 Å². The highest BCUT2D eigenvalue weighted by atomic mass is 15.0. The summed E-state index contributed by atoms with van der Waals surface area (Å²) in [5.74, 6) is 0. The molecule has 0 unspecified atom stereocenters. The first kappa shape index (κ1) is 13.8. The second kappa shape index (κ2) is 6.00. The fourth-order valence-electron chi connectivity index (χ4n) is 2.10. The fourth-order valence-corrected chi connectivity index (χ4v) is 2.10. The van der Waals surface area contributed by atoms with E-state index in [2.05, 4.69) is 41.5 Å². The topological polar surface area (TPSA) is 30.7 Å². The summed E-state index contributed by atoms with van der Waals surface area (Å²) in [6.45, 7) is 7.93. The third kappa shape index (κ3) is 4.51. The fraction of sp³-hybridized carbons (Fsp3) is 0.500. The molecule has 0 saturated carbocycles. The van der Waals surface area contributed by atoms with Crippen LogP contribution >= 0.6 is 0 Å². The van der Waals surface area contributed by atoms with E-state index in [-0.39, 0.29) is 0 Å². The highest BCUT2D eigenvalue weighted by molar-refractivity contribution is 5.56. The molecular weight excluding hydrogens is 234 g/mol. The van der Waals surface area contributed by atoms with Gasteiger partial charge in [0.25, 0.3) is 0 Å². The van der Waals surface area contributed by atoms with E-state index in [9.17, 15) is 0 Å². The van der Waals surface area contributed by atoms with Crippen LogP contribution in [0.15, 0.2) is 37.1 Å². The number of aromatic nitrogens is 3. The zero-order valence-corrected chi connectivity index (χ0v) is 12.1. The Bertz CT molecular complexity index is 494. The van der Waals surface area contributed by atoms with E-state index in [1.54, 1.807) is 6.20 Å². The molecule has 0 fully saturated rings. The van der Waals surface area contributed by atoms with Crippen molar-refractivity contribution in [2.45, 2.75) is 46.6 Å². The summed E-state index contributed by atoms with van der Waals surface area (Å²) in [5, 5.41) is 0. The maximum absolute atomic E-state index is 4.44. The van der Waals surface area contributed by atoms with Crippen LogP contribution in [0, 0.1) is 5.41 Å². The largest absolute Gasteiger partial charge is 0.337 e. The molecule has 0 radical (unpaired) electrons. The summed E-state index contributed by atoms with van der Waals surface area (Å²) in [6.07, 6.45) is 11.4. The number of imidazole rings is 1. The van der Waals surface area contributed by atoms with Gasteiger partial charge in [-0.1, -0.05) is 27.2 Å². The average Bonchev–Trinajstić information content (AvgIpc) is 2.83. The van der Waals surface area contributed by atoms with Gasteiger partial charge >= 0.3 is 0 Å². The van der Waals surface area contributed by atoms with Crippen molar-refractivity contribution in [3.05, 3.63) is 37.1 Å². The van der Waals surface area contributed by atoms with Crippen LogP contribution in [0.25, 0.3) is 11.3 Å². The lowest BCUT2D eigenvalue weighted by Gasteiger charge is -2.17. The van der Waals surface area contributed by atoms with Crippen LogP contribution in [-0.4, -0.2) is 14.5 Å². The summed E-state index contributed by atoms with van der Waals surface area (Å²) in [5.41, 5.74) is 2.52. The monoisotopic (exact) mass is 257 g/mol. The molecule has 0 aliphatic carbocycles. The lowest BCUT2D eigenvalue weighted by Crippen LogP contribution is -2.05. The maximum Gasteiger partial charge on any atom is 0.0953 e. The predicted molar refractivity (Wildman–Crippen MR) is 78.8 cm³/mol. The minimum absolute atomic E-state index is 0.440. The normalized spacial score (nSPS) is 11.7. The van der Waals surface area contributed by atoms with Gasteiger partial charge in [-0.05, 0) is 30.4 Å². The Kier molecular flexibility index (Phi) is 4.35. The molecule has 0 amide bonds. The zero-order chi connectivity index (χ0) is 13.7. The van der Waals surface area contributed by atoms with Crippen molar-refractivity contribution in [2.24, 2.45) is 5.41 Å². The van der Waals surface area contributed by atoms with Crippen LogP contribution in [0.2, 0.25) is 0 Å². The highest BCUT2D eigenvalue weighted by Gasteiger charge is 2.09. The van der Waals surface area contributed by atoms with Gasteiger partial charge in [-0.3, -0.25) is 4.98 Å². The number of rotatable bonds is 5. The molecule has 0 aromatic carbocycles. The van der Waals surface area contributed by atoms with Crippen LogP contribution in [0.1, 0.15) is 40.0 Å². The molecule has 2 aromatic heterocycles. The zero-order valence-electron chi connectivity index (χ0n) is 12.1. The number of unbranched alkanes of at least 4 members (excludes halogenated alkanes) is 1. The summed E-state index contributed by atoms with van der Waals surface area (Å²) < 4.78 is 2.17. The van der Waals surface area contributed by atoms with Crippen molar-refractivity contribution < 1.29 is 0 Å². The number of pyridine rings is 1. The van der Waals surface area contributed by atoms with Crippen molar-refractivity contribution >= 4 is 0 Å². The lowest BCUT2D eigenvalue weighted by molar-refractivity contribution is 0.355. The van der Waals surface area contributed by atoms with Crippen molar-refractivity contribution in [2.75, 3.05) is 0 Å². The van der Waals surface area contributed by atoms with Crippen molar-refractivity contribution in [3.63, 3.8) is 0 Å². The van der Waals surface area contributed by atoms with Crippen molar-refractivity contribution in [1.82, 2.24) is 14.5 Å². The van der Waals surface area contributed by atoms with Gasteiger partial charge in [0.2, 0.25) is 0 Å². The van der Waals surface area contributed by atoms with Gasteiger partial charge in [-0.2, -0.15) is 0 Å². The van der Waals surface area contributed by atoms with Gasteiger partial charge in [-0.25, -0.2) is 4.98 Å². The first-order valence-corrected chi connectivity index (χ1v) is 6.97. The van der Waals surface area contributed by atoms with E-state index in [0.29, 0.717) is 5.41 Å². The maximum atomic E-state index is 4.44. The summed E-state index contributed by atoms with van der Waals surface area (Å²) in [7, 11) is 0. The molecule has 102 valence electrons. The van der Waals surface area contributed by atoms with Gasteiger partial charge in [0, 0.05) is 30.7 Å². The van der Waals surface area contributed by atoms with Gasteiger partial charge in [-0.15, -0.1) is 0 Å². The third-order valence-electron chi connectivity index (χ3n) is 3.18. The summed E-state index contributed by atoms with van der Waals surface area (Å²) >= 11 is 0. The summed E-state index contributed by atoms with van der Waals surface area (Å²) in [6, 6.07) is 3.98. The summed E-state index contributed by atoms with van der Waals surface area (Å²) in [4.78, 5) is 8.56. The van der Waals surface area contributed by atoms with Gasteiger partial charge < -0.3 is 4.57 Å².